The van der Waals surface area contributed by atoms with Crippen molar-refractivity contribution in [2.45, 2.75) is 13.3 Å². The molecule has 1 aromatic heterocycles. The molecule has 0 amide bonds. The van der Waals surface area contributed by atoms with E-state index < -0.39 is 11.6 Å². The third-order valence-electron chi connectivity index (χ3n) is 2.52. The molecule has 0 radical (unpaired) electrons. The number of aromatic nitrogens is 2. The fraction of sp³-hybridized carbons (Fsp3) is 0.231. The van der Waals surface area contributed by atoms with Crippen molar-refractivity contribution >= 4 is 5.82 Å². The van der Waals surface area contributed by atoms with Crippen molar-refractivity contribution < 1.29 is 8.78 Å². The molecule has 0 aliphatic heterocycles. The second-order valence-corrected chi connectivity index (χ2v) is 3.97. The summed E-state index contributed by atoms with van der Waals surface area (Å²) in [5.41, 5.74) is 1.18. The maximum absolute atomic E-state index is 13.5. The summed E-state index contributed by atoms with van der Waals surface area (Å²) >= 11 is 0. The predicted molar refractivity (Wildman–Crippen MR) is 65.5 cm³/mol. The number of hydrogen-bond acceptors (Lipinski definition) is 3. The van der Waals surface area contributed by atoms with E-state index in [1.807, 2.05) is 6.92 Å². The molecule has 0 unspecified atom stereocenters. The van der Waals surface area contributed by atoms with Gasteiger partial charge in [-0.3, -0.25) is 0 Å². The van der Waals surface area contributed by atoms with Gasteiger partial charge >= 0.3 is 0 Å². The molecule has 5 heteroatoms. The van der Waals surface area contributed by atoms with E-state index in [1.165, 1.54) is 12.1 Å². The van der Waals surface area contributed by atoms with E-state index in [0.717, 1.165) is 11.8 Å². The fourth-order valence-corrected chi connectivity index (χ4v) is 1.67. The van der Waals surface area contributed by atoms with Crippen LogP contribution in [0.5, 0.6) is 0 Å². The normalized spacial score (nSPS) is 10.4. The minimum absolute atomic E-state index is 0.239. The molecule has 0 atom stereocenters. The number of hydrogen-bond donors (Lipinski definition) is 1. The number of nitrogens with one attached hydrogen (secondary N) is 1. The number of halogens is 2. The lowest BCUT2D eigenvalue weighted by atomic mass is 10.1. The lowest BCUT2D eigenvalue weighted by Crippen LogP contribution is -2.03. The van der Waals surface area contributed by atoms with E-state index in [4.69, 9.17) is 0 Å². The second-order valence-electron chi connectivity index (χ2n) is 3.97. The Morgan fingerprint density at radius 1 is 1.17 bits per heavy atom. The van der Waals surface area contributed by atoms with Gasteiger partial charge in [0.25, 0.3) is 0 Å². The maximum Gasteiger partial charge on any atom is 0.135 e. The molecule has 2 rings (SSSR count). The third-order valence-corrected chi connectivity index (χ3v) is 2.52. The van der Waals surface area contributed by atoms with Gasteiger partial charge in [-0.15, -0.1) is 0 Å². The zero-order valence-corrected chi connectivity index (χ0v) is 10.2. The molecule has 0 fully saturated rings. The van der Waals surface area contributed by atoms with Gasteiger partial charge in [0.15, 0.2) is 0 Å². The Labute approximate surface area is 104 Å². The molecule has 0 saturated carbocycles. The van der Waals surface area contributed by atoms with E-state index in [2.05, 4.69) is 15.3 Å². The van der Waals surface area contributed by atoms with E-state index in [0.29, 0.717) is 17.2 Å². The highest BCUT2D eigenvalue weighted by molar-refractivity contribution is 5.35. The van der Waals surface area contributed by atoms with E-state index in [1.54, 1.807) is 13.1 Å². The molecule has 3 nitrogen and oxygen atoms in total. The van der Waals surface area contributed by atoms with Crippen LogP contribution in [-0.4, -0.2) is 17.0 Å². The SMILES string of the molecule is CNc1cc(C)nc(Cc2ccc(F)cc2F)n1. The lowest BCUT2D eigenvalue weighted by molar-refractivity contribution is 0.573. The molecule has 1 heterocycles. The number of rotatable bonds is 3. The summed E-state index contributed by atoms with van der Waals surface area (Å²) in [6.07, 6.45) is 0.239. The van der Waals surface area contributed by atoms with Crippen LogP contribution in [0.3, 0.4) is 0 Å². The Hall–Kier alpha value is -2.04. The van der Waals surface area contributed by atoms with Crippen molar-refractivity contribution in [3.63, 3.8) is 0 Å². The van der Waals surface area contributed by atoms with E-state index in [-0.39, 0.29) is 6.42 Å². The first-order valence-electron chi connectivity index (χ1n) is 5.54. The van der Waals surface area contributed by atoms with Crippen LogP contribution in [0.1, 0.15) is 17.1 Å². The third kappa shape index (κ3) is 2.80. The van der Waals surface area contributed by atoms with Crippen molar-refractivity contribution in [2.24, 2.45) is 0 Å². The van der Waals surface area contributed by atoms with Crippen LogP contribution in [0.2, 0.25) is 0 Å². The minimum Gasteiger partial charge on any atom is -0.373 e. The van der Waals surface area contributed by atoms with Gasteiger partial charge in [0.05, 0.1) is 0 Å². The van der Waals surface area contributed by atoms with Crippen LogP contribution >= 0.6 is 0 Å². The molecule has 0 bridgehead atoms. The summed E-state index contributed by atoms with van der Waals surface area (Å²) in [5.74, 6) is 0.0216. The highest BCUT2D eigenvalue weighted by Crippen LogP contribution is 2.14. The summed E-state index contributed by atoms with van der Waals surface area (Å²) in [7, 11) is 1.75. The Morgan fingerprint density at radius 3 is 2.61 bits per heavy atom. The predicted octanol–water partition coefficient (Wildman–Crippen LogP) is 2.70. The molecule has 2 aromatic rings. The second kappa shape index (κ2) is 5.08. The topological polar surface area (TPSA) is 37.8 Å². The van der Waals surface area contributed by atoms with Gasteiger partial charge in [-0.1, -0.05) is 6.07 Å². The first-order valence-corrected chi connectivity index (χ1v) is 5.54. The van der Waals surface area contributed by atoms with E-state index in [9.17, 15) is 8.78 Å². The Balaban J connectivity index is 2.30. The average molecular weight is 249 g/mol. The fourth-order valence-electron chi connectivity index (χ4n) is 1.67. The van der Waals surface area contributed by atoms with Gasteiger partial charge in [-0.25, -0.2) is 18.7 Å². The van der Waals surface area contributed by atoms with Gasteiger partial charge in [-0.2, -0.15) is 0 Å². The van der Waals surface area contributed by atoms with Crippen molar-refractivity contribution in [1.82, 2.24) is 9.97 Å². The van der Waals surface area contributed by atoms with Crippen molar-refractivity contribution in [3.05, 3.63) is 53.0 Å². The molecular formula is C13H13F2N3. The first-order chi connectivity index (χ1) is 8.58. The van der Waals surface area contributed by atoms with Gasteiger partial charge in [-0.05, 0) is 18.6 Å². The van der Waals surface area contributed by atoms with Gasteiger partial charge in [0, 0.05) is 31.3 Å². The number of benzene rings is 1. The molecule has 1 N–H and O–H groups in total. The molecule has 1 aromatic carbocycles. The summed E-state index contributed by atoms with van der Waals surface area (Å²) < 4.78 is 26.3. The van der Waals surface area contributed by atoms with Crippen molar-refractivity contribution in [2.75, 3.05) is 12.4 Å². The van der Waals surface area contributed by atoms with Crippen molar-refractivity contribution in [1.29, 1.82) is 0 Å². The first kappa shape index (κ1) is 12.4. The molecule has 0 aliphatic carbocycles. The van der Waals surface area contributed by atoms with Crippen LogP contribution in [0.25, 0.3) is 0 Å². The summed E-state index contributed by atoms with van der Waals surface area (Å²) in [4.78, 5) is 8.46. The van der Waals surface area contributed by atoms with Gasteiger partial charge < -0.3 is 5.32 Å². The zero-order chi connectivity index (χ0) is 13.1. The smallest absolute Gasteiger partial charge is 0.135 e. The summed E-state index contributed by atoms with van der Waals surface area (Å²) in [6.45, 7) is 1.84. The molecular weight excluding hydrogens is 236 g/mol. The van der Waals surface area contributed by atoms with Gasteiger partial charge in [0.2, 0.25) is 0 Å². The van der Waals surface area contributed by atoms with E-state index >= 15 is 0 Å². The van der Waals surface area contributed by atoms with Crippen LogP contribution < -0.4 is 5.32 Å². The van der Waals surface area contributed by atoms with Crippen molar-refractivity contribution in [3.8, 4) is 0 Å². The molecule has 94 valence electrons. The zero-order valence-electron chi connectivity index (χ0n) is 10.2. The number of aryl methyl sites for hydroxylation is 1. The maximum atomic E-state index is 13.5. The average Bonchev–Trinajstić information content (AvgIpc) is 2.32. The van der Waals surface area contributed by atoms with Gasteiger partial charge in [0.1, 0.15) is 23.3 Å². The monoisotopic (exact) mass is 249 g/mol. The Bertz CT molecular complexity index is 570. The quantitative estimate of drug-likeness (QED) is 0.908. The summed E-state index contributed by atoms with van der Waals surface area (Å²) in [5, 5.41) is 2.91. The standard InChI is InChI=1S/C13H13F2N3/c1-8-5-12(16-2)18-13(17-8)6-9-3-4-10(14)7-11(9)15/h3-5,7H,6H2,1-2H3,(H,16,17,18). The Morgan fingerprint density at radius 2 is 1.94 bits per heavy atom. The minimum atomic E-state index is -0.586. The van der Waals surface area contributed by atoms with Crippen LogP contribution in [0, 0.1) is 18.6 Å². The number of anilines is 1. The summed E-state index contributed by atoms with van der Waals surface area (Å²) in [6, 6.07) is 5.30. The highest BCUT2D eigenvalue weighted by Gasteiger charge is 2.08. The lowest BCUT2D eigenvalue weighted by Gasteiger charge is -2.06. The molecule has 18 heavy (non-hydrogen) atoms. The molecule has 0 aliphatic rings. The van der Waals surface area contributed by atoms with Crippen LogP contribution in [-0.2, 0) is 6.42 Å². The number of nitrogens with zero attached hydrogens (tertiary/aromatic N) is 2. The molecule has 0 spiro atoms. The Kier molecular flexibility index (Phi) is 3.50. The van der Waals surface area contributed by atoms with Crippen LogP contribution in [0.15, 0.2) is 24.3 Å². The van der Waals surface area contributed by atoms with Crippen LogP contribution in [0.4, 0.5) is 14.6 Å². The highest BCUT2D eigenvalue weighted by atomic mass is 19.1. The largest absolute Gasteiger partial charge is 0.373 e. The molecule has 0 saturated heterocycles.